The molecule has 0 fully saturated rings. The minimum absolute atomic E-state index is 0.238. The van der Waals surface area contributed by atoms with Gasteiger partial charge in [0.15, 0.2) is 11.5 Å². The van der Waals surface area contributed by atoms with E-state index in [9.17, 15) is 4.79 Å². The smallest absolute Gasteiger partial charge is 0.259 e. The van der Waals surface area contributed by atoms with E-state index < -0.39 is 0 Å². The molecule has 1 amide bonds. The zero-order chi connectivity index (χ0) is 15.2. The maximum Gasteiger partial charge on any atom is 0.259 e. The lowest BCUT2D eigenvalue weighted by molar-refractivity contribution is 0.102. The number of nitrogens with one attached hydrogen (secondary N) is 1. The van der Waals surface area contributed by atoms with Crippen LogP contribution in [0.2, 0.25) is 0 Å². The molecule has 0 heterocycles. The first-order chi connectivity index (χ1) is 10.2. The molecule has 0 aliphatic carbocycles. The molecule has 0 saturated heterocycles. The molecule has 110 valence electrons. The second kappa shape index (κ2) is 7.13. The van der Waals surface area contributed by atoms with Crippen molar-refractivity contribution in [3.05, 3.63) is 53.6 Å². The summed E-state index contributed by atoms with van der Waals surface area (Å²) in [5.74, 6) is 0.714. The number of ether oxygens (including phenoxy) is 2. The Labute approximate surface area is 132 Å². The number of benzene rings is 2. The summed E-state index contributed by atoms with van der Waals surface area (Å²) in [4.78, 5) is 12.4. The highest BCUT2D eigenvalue weighted by Gasteiger charge is 2.16. The fourth-order valence-corrected chi connectivity index (χ4v) is 2.35. The van der Waals surface area contributed by atoms with Gasteiger partial charge in [-0.15, -0.1) is 0 Å². The van der Waals surface area contributed by atoms with Crippen LogP contribution in [0.4, 0.5) is 5.69 Å². The molecule has 5 heteroatoms. The summed E-state index contributed by atoms with van der Waals surface area (Å²) in [5, 5.41) is 3.60. The molecule has 2 aromatic carbocycles. The molecule has 0 spiro atoms. The van der Waals surface area contributed by atoms with E-state index in [1.165, 1.54) is 7.11 Å². The van der Waals surface area contributed by atoms with Crippen LogP contribution in [-0.2, 0) is 5.33 Å². The van der Waals surface area contributed by atoms with Gasteiger partial charge in [-0.2, -0.15) is 0 Å². The quantitative estimate of drug-likeness (QED) is 0.834. The van der Waals surface area contributed by atoms with E-state index in [2.05, 4.69) is 21.2 Å². The molecule has 0 aliphatic rings. The number of hydrogen-bond donors (Lipinski definition) is 1. The summed E-state index contributed by atoms with van der Waals surface area (Å²) in [6.45, 7) is 0. The molecule has 0 radical (unpaired) electrons. The number of anilines is 1. The highest BCUT2D eigenvalue weighted by atomic mass is 79.9. The zero-order valence-electron chi connectivity index (χ0n) is 11.9. The van der Waals surface area contributed by atoms with Crippen molar-refractivity contribution >= 4 is 27.5 Å². The third kappa shape index (κ3) is 3.55. The molecule has 0 saturated carbocycles. The Bertz CT molecular complexity index is 643. The lowest BCUT2D eigenvalue weighted by atomic mass is 10.1. The van der Waals surface area contributed by atoms with Crippen LogP contribution in [0.25, 0.3) is 0 Å². The van der Waals surface area contributed by atoms with Crippen molar-refractivity contribution in [3.8, 4) is 11.5 Å². The molecule has 4 nitrogen and oxygen atoms in total. The summed E-state index contributed by atoms with van der Waals surface area (Å²) in [6.07, 6.45) is 0. The second-order valence-corrected chi connectivity index (χ2v) is 4.89. The monoisotopic (exact) mass is 349 g/mol. The van der Waals surface area contributed by atoms with E-state index in [1.54, 1.807) is 25.3 Å². The molecule has 1 N–H and O–H groups in total. The highest BCUT2D eigenvalue weighted by molar-refractivity contribution is 9.08. The van der Waals surface area contributed by atoms with E-state index in [1.807, 2.05) is 24.3 Å². The molecule has 0 unspecified atom stereocenters. The van der Waals surface area contributed by atoms with Crippen LogP contribution in [0.1, 0.15) is 15.9 Å². The Balaban J connectivity index is 2.28. The number of alkyl halides is 1. The van der Waals surface area contributed by atoms with Gasteiger partial charge in [0.25, 0.3) is 5.91 Å². The molecule has 2 rings (SSSR count). The molecule has 0 atom stereocenters. The van der Waals surface area contributed by atoms with E-state index in [0.717, 1.165) is 16.6 Å². The minimum atomic E-state index is -0.238. The number of para-hydroxylation sites is 1. The lowest BCUT2D eigenvalue weighted by Gasteiger charge is -2.12. The van der Waals surface area contributed by atoms with Gasteiger partial charge in [-0.1, -0.05) is 34.1 Å². The molecule has 0 aliphatic heterocycles. The molecular formula is C16H16BrNO3. The number of hydrogen-bond acceptors (Lipinski definition) is 3. The molecule has 0 bridgehead atoms. The van der Waals surface area contributed by atoms with E-state index in [4.69, 9.17) is 9.47 Å². The second-order valence-electron chi connectivity index (χ2n) is 4.33. The third-order valence-electron chi connectivity index (χ3n) is 2.99. The maximum atomic E-state index is 12.4. The standard InChI is InChI=1S/C16H16BrNO3/c1-20-14-8-4-7-13(15(14)21-2)16(19)18-12-6-3-5-11(9-12)10-17/h3-9H,10H2,1-2H3,(H,18,19). The summed E-state index contributed by atoms with van der Waals surface area (Å²) < 4.78 is 10.5. The first kappa shape index (κ1) is 15.4. The van der Waals surface area contributed by atoms with E-state index in [-0.39, 0.29) is 5.91 Å². The number of amides is 1. The fourth-order valence-electron chi connectivity index (χ4n) is 2.00. The molecule has 21 heavy (non-hydrogen) atoms. The lowest BCUT2D eigenvalue weighted by Crippen LogP contribution is -2.13. The first-order valence-electron chi connectivity index (χ1n) is 6.37. The Morgan fingerprint density at radius 2 is 1.90 bits per heavy atom. The Morgan fingerprint density at radius 3 is 2.57 bits per heavy atom. The van der Waals surface area contributed by atoms with Gasteiger partial charge >= 0.3 is 0 Å². The van der Waals surface area contributed by atoms with E-state index >= 15 is 0 Å². The van der Waals surface area contributed by atoms with Crippen molar-refractivity contribution in [2.24, 2.45) is 0 Å². The van der Waals surface area contributed by atoms with Crippen molar-refractivity contribution < 1.29 is 14.3 Å². The number of carbonyl (C=O) groups is 1. The summed E-state index contributed by atoms with van der Waals surface area (Å²) >= 11 is 3.40. The number of halogens is 1. The third-order valence-corrected chi connectivity index (χ3v) is 3.63. The van der Waals surface area contributed by atoms with Crippen molar-refractivity contribution in [3.63, 3.8) is 0 Å². The molecular weight excluding hydrogens is 334 g/mol. The summed E-state index contributed by atoms with van der Waals surface area (Å²) in [7, 11) is 3.05. The van der Waals surface area contributed by atoms with Crippen molar-refractivity contribution in [1.82, 2.24) is 0 Å². The van der Waals surface area contributed by atoms with Crippen molar-refractivity contribution in [1.29, 1.82) is 0 Å². The predicted octanol–water partition coefficient (Wildman–Crippen LogP) is 3.85. The minimum Gasteiger partial charge on any atom is -0.493 e. The van der Waals surface area contributed by atoms with Crippen LogP contribution in [0, 0.1) is 0 Å². The average molecular weight is 350 g/mol. The normalized spacial score (nSPS) is 10.0. The van der Waals surface area contributed by atoms with Crippen LogP contribution in [0.3, 0.4) is 0 Å². The van der Waals surface area contributed by atoms with Crippen LogP contribution >= 0.6 is 15.9 Å². The summed E-state index contributed by atoms with van der Waals surface area (Å²) in [5.41, 5.74) is 2.26. The number of rotatable bonds is 5. The van der Waals surface area contributed by atoms with Crippen LogP contribution in [0.15, 0.2) is 42.5 Å². The summed E-state index contributed by atoms with van der Waals surface area (Å²) in [6, 6.07) is 12.8. The Morgan fingerprint density at radius 1 is 1.14 bits per heavy atom. The predicted molar refractivity (Wildman–Crippen MR) is 86.6 cm³/mol. The first-order valence-corrected chi connectivity index (χ1v) is 7.49. The fraction of sp³-hybridized carbons (Fsp3) is 0.188. The van der Waals surface area contributed by atoms with Gasteiger partial charge in [0.1, 0.15) is 0 Å². The highest BCUT2D eigenvalue weighted by Crippen LogP contribution is 2.31. The SMILES string of the molecule is COc1cccc(C(=O)Nc2cccc(CBr)c2)c1OC. The number of carbonyl (C=O) groups excluding carboxylic acids is 1. The Hall–Kier alpha value is -2.01. The van der Waals surface area contributed by atoms with E-state index in [0.29, 0.717) is 17.1 Å². The van der Waals surface area contributed by atoms with Crippen LogP contribution < -0.4 is 14.8 Å². The van der Waals surface area contributed by atoms with Gasteiger partial charge in [0.05, 0.1) is 19.8 Å². The number of methoxy groups -OCH3 is 2. The average Bonchev–Trinajstić information content (AvgIpc) is 2.53. The zero-order valence-corrected chi connectivity index (χ0v) is 13.4. The largest absolute Gasteiger partial charge is 0.493 e. The van der Waals surface area contributed by atoms with Gasteiger partial charge in [0.2, 0.25) is 0 Å². The Kier molecular flexibility index (Phi) is 5.22. The van der Waals surface area contributed by atoms with Gasteiger partial charge < -0.3 is 14.8 Å². The van der Waals surface area contributed by atoms with Gasteiger partial charge in [-0.3, -0.25) is 4.79 Å². The molecule has 2 aromatic rings. The van der Waals surface area contributed by atoms with Gasteiger partial charge in [0, 0.05) is 11.0 Å². The topological polar surface area (TPSA) is 47.6 Å². The maximum absolute atomic E-state index is 12.4. The molecule has 0 aromatic heterocycles. The van der Waals surface area contributed by atoms with Crippen molar-refractivity contribution in [2.75, 3.05) is 19.5 Å². The van der Waals surface area contributed by atoms with Crippen molar-refractivity contribution in [2.45, 2.75) is 5.33 Å². The van der Waals surface area contributed by atoms with Crippen LogP contribution in [-0.4, -0.2) is 20.1 Å². The van der Waals surface area contributed by atoms with Gasteiger partial charge in [-0.25, -0.2) is 0 Å². The van der Waals surface area contributed by atoms with Gasteiger partial charge in [-0.05, 0) is 29.8 Å². The van der Waals surface area contributed by atoms with Crippen LogP contribution in [0.5, 0.6) is 11.5 Å².